The van der Waals surface area contributed by atoms with Crippen molar-refractivity contribution in [3.8, 4) is 0 Å². The van der Waals surface area contributed by atoms with E-state index < -0.39 is 40.8 Å². The molecule has 2 unspecified atom stereocenters. The summed E-state index contributed by atoms with van der Waals surface area (Å²) >= 11 is 0. The monoisotopic (exact) mass is 504 g/mol. The summed E-state index contributed by atoms with van der Waals surface area (Å²) < 4.78 is 27.8. The number of nitrogens with one attached hydrogen (secondary N) is 2. The van der Waals surface area contributed by atoms with E-state index >= 15 is 0 Å². The minimum absolute atomic E-state index is 0.0143. The molecule has 0 aliphatic heterocycles. The first-order valence-corrected chi connectivity index (χ1v) is 12.4. The molecule has 0 aromatic heterocycles. The topological polar surface area (TPSA) is 102 Å². The number of benzene rings is 2. The molecule has 198 valence electrons. The molecule has 8 heteroatoms. The highest BCUT2D eigenvalue weighted by molar-refractivity contribution is 5.73. The third kappa shape index (κ3) is 6.68. The van der Waals surface area contributed by atoms with Crippen molar-refractivity contribution in [3.05, 3.63) is 70.8 Å². The largest absolute Gasteiger partial charge is 0.393 e. The Morgan fingerprint density at radius 1 is 1.06 bits per heavy atom. The van der Waals surface area contributed by atoms with Crippen LogP contribution < -0.4 is 10.6 Å². The fraction of sp³-hybridized carbons (Fsp3) is 0.536. The molecule has 2 aromatic rings. The summed E-state index contributed by atoms with van der Waals surface area (Å²) in [6, 6.07) is 10.1. The number of aliphatic hydroxyl groups excluding tert-OH is 2. The maximum absolute atomic E-state index is 13.9. The number of rotatable bonds is 8. The number of hydrogen-bond acceptors (Lipinski definition) is 5. The van der Waals surface area contributed by atoms with Gasteiger partial charge < -0.3 is 26.0 Å². The van der Waals surface area contributed by atoms with Gasteiger partial charge in [0.15, 0.2) is 0 Å². The molecule has 5 N–H and O–H groups in total. The molecule has 0 heterocycles. The Kier molecular flexibility index (Phi) is 8.55. The van der Waals surface area contributed by atoms with Crippen molar-refractivity contribution in [1.29, 1.82) is 0 Å². The number of carbonyl (C=O) groups excluding carboxylic acids is 1. The smallest absolute Gasteiger partial charge is 0.217 e. The Morgan fingerprint density at radius 3 is 2.19 bits per heavy atom. The summed E-state index contributed by atoms with van der Waals surface area (Å²) in [4.78, 5) is 11.8. The van der Waals surface area contributed by atoms with Crippen molar-refractivity contribution in [2.75, 3.05) is 13.2 Å². The van der Waals surface area contributed by atoms with Crippen LogP contribution in [0.2, 0.25) is 0 Å². The van der Waals surface area contributed by atoms with Crippen LogP contribution in [-0.2, 0) is 15.7 Å². The van der Waals surface area contributed by atoms with Crippen LogP contribution in [0.1, 0.15) is 76.1 Å². The molecule has 0 radical (unpaired) electrons. The van der Waals surface area contributed by atoms with Crippen molar-refractivity contribution in [2.24, 2.45) is 0 Å². The first kappa shape index (κ1) is 28.2. The van der Waals surface area contributed by atoms with Crippen LogP contribution in [0.15, 0.2) is 42.5 Å². The molecule has 0 bridgehead atoms. The van der Waals surface area contributed by atoms with Crippen molar-refractivity contribution in [3.63, 3.8) is 0 Å². The van der Waals surface area contributed by atoms with Crippen molar-refractivity contribution in [2.45, 2.75) is 82.1 Å². The molecule has 3 rings (SSSR count). The fourth-order valence-corrected chi connectivity index (χ4v) is 4.94. The molecule has 1 aliphatic carbocycles. The van der Waals surface area contributed by atoms with Gasteiger partial charge in [0.25, 0.3) is 0 Å². The average Bonchev–Trinajstić information content (AvgIpc) is 2.81. The molecular formula is C28H38F2N2O4. The highest BCUT2D eigenvalue weighted by Crippen LogP contribution is 2.42. The van der Waals surface area contributed by atoms with Gasteiger partial charge >= 0.3 is 0 Å². The van der Waals surface area contributed by atoms with Gasteiger partial charge in [-0.1, -0.05) is 45.0 Å². The maximum Gasteiger partial charge on any atom is 0.217 e. The molecule has 0 saturated heterocycles. The van der Waals surface area contributed by atoms with Crippen LogP contribution >= 0.6 is 0 Å². The first-order valence-electron chi connectivity index (χ1n) is 12.4. The summed E-state index contributed by atoms with van der Waals surface area (Å²) in [5.74, 6) is -2.04. The second kappa shape index (κ2) is 10.9. The van der Waals surface area contributed by atoms with E-state index in [0.717, 1.165) is 29.3 Å². The van der Waals surface area contributed by atoms with Crippen molar-refractivity contribution < 1.29 is 28.9 Å². The Morgan fingerprint density at radius 2 is 1.67 bits per heavy atom. The van der Waals surface area contributed by atoms with E-state index in [2.05, 4.69) is 43.5 Å². The number of halogens is 2. The third-order valence-electron chi connectivity index (χ3n) is 7.25. The van der Waals surface area contributed by atoms with E-state index in [1.54, 1.807) is 0 Å². The van der Waals surface area contributed by atoms with Gasteiger partial charge in [0.2, 0.25) is 5.91 Å². The summed E-state index contributed by atoms with van der Waals surface area (Å²) in [6.45, 7) is 7.33. The molecule has 6 nitrogen and oxygen atoms in total. The summed E-state index contributed by atoms with van der Waals surface area (Å²) in [6.07, 6.45) is 0.525. The normalized spacial score (nSPS) is 24.2. The lowest BCUT2D eigenvalue weighted by Gasteiger charge is -2.45. The second-order valence-corrected chi connectivity index (χ2v) is 11.1. The van der Waals surface area contributed by atoms with Gasteiger partial charge in [-0.15, -0.1) is 0 Å². The van der Waals surface area contributed by atoms with Crippen LogP contribution in [0.4, 0.5) is 8.78 Å². The molecule has 2 atom stereocenters. The number of aliphatic hydroxyl groups is 3. The number of amides is 1. The number of hydrogen-bond donors (Lipinski definition) is 5. The van der Waals surface area contributed by atoms with Gasteiger partial charge in [0, 0.05) is 25.1 Å². The molecule has 1 fully saturated rings. The third-order valence-corrected chi connectivity index (χ3v) is 7.25. The Balaban J connectivity index is 1.91. The standard InChI is InChI=1S/C28H38F2N2O4/c1-18(34)32-25(19-12-22(29)15-23(30)13-19)24(35)16-31-28(10-8-27(36,17-33)9-11-28)21-7-5-6-20(14-21)26(2,3)4/h5-7,12-15,24-25,31,33,35-36H,8-11,16-17H2,1-4H3,(H,32,34). The lowest BCUT2D eigenvalue weighted by Crippen LogP contribution is -2.53. The minimum Gasteiger partial charge on any atom is -0.393 e. The lowest BCUT2D eigenvalue weighted by molar-refractivity contribution is -0.120. The Bertz CT molecular complexity index is 1040. The Labute approximate surface area is 211 Å². The zero-order chi connectivity index (χ0) is 26.7. The van der Waals surface area contributed by atoms with Gasteiger partial charge in [-0.05, 0) is 59.9 Å². The zero-order valence-corrected chi connectivity index (χ0v) is 21.4. The average molecular weight is 505 g/mol. The highest BCUT2D eigenvalue weighted by Gasteiger charge is 2.43. The maximum atomic E-state index is 13.9. The van der Waals surface area contributed by atoms with Crippen molar-refractivity contribution >= 4 is 5.91 Å². The van der Waals surface area contributed by atoms with Gasteiger partial charge in [-0.3, -0.25) is 4.79 Å². The summed E-state index contributed by atoms with van der Waals surface area (Å²) in [5.41, 5.74) is 0.390. The molecule has 1 aliphatic rings. The van der Waals surface area contributed by atoms with Crippen LogP contribution in [0.25, 0.3) is 0 Å². The molecular weight excluding hydrogens is 466 g/mol. The van der Waals surface area contributed by atoms with E-state index in [4.69, 9.17) is 0 Å². The second-order valence-electron chi connectivity index (χ2n) is 11.1. The van der Waals surface area contributed by atoms with Crippen LogP contribution in [-0.4, -0.2) is 46.1 Å². The molecule has 2 aromatic carbocycles. The van der Waals surface area contributed by atoms with Gasteiger partial charge in [-0.25, -0.2) is 8.78 Å². The van der Waals surface area contributed by atoms with Crippen LogP contribution in [0, 0.1) is 11.6 Å². The van der Waals surface area contributed by atoms with E-state index in [1.807, 2.05) is 12.1 Å². The quantitative estimate of drug-likeness (QED) is 0.378. The Hall–Kier alpha value is -2.39. The van der Waals surface area contributed by atoms with Gasteiger partial charge in [-0.2, -0.15) is 0 Å². The van der Waals surface area contributed by atoms with E-state index in [-0.39, 0.29) is 24.1 Å². The minimum atomic E-state index is -1.20. The van der Waals surface area contributed by atoms with E-state index in [0.29, 0.717) is 25.7 Å². The van der Waals surface area contributed by atoms with Gasteiger partial charge in [0.05, 0.1) is 24.4 Å². The lowest BCUT2D eigenvalue weighted by atomic mass is 9.70. The number of carbonyl (C=O) groups is 1. The summed E-state index contributed by atoms with van der Waals surface area (Å²) in [5, 5.41) is 37.5. The highest BCUT2D eigenvalue weighted by atomic mass is 19.1. The summed E-state index contributed by atoms with van der Waals surface area (Å²) in [7, 11) is 0. The molecule has 0 spiro atoms. The zero-order valence-electron chi connectivity index (χ0n) is 21.4. The van der Waals surface area contributed by atoms with E-state index in [9.17, 15) is 28.9 Å². The van der Waals surface area contributed by atoms with Crippen LogP contribution in [0.3, 0.4) is 0 Å². The fourth-order valence-electron chi connectivity index (χ4n) is 4.94. The van der Waals surface area contributed by atoms with E-state index in [1.165, 1.54) is 6.92 Å². The molecule has 36 heavy (non-hydrogen) atoms. The molecule has 1 amide bonds. The first-order chi connectivity index (χ1) is 16.8. The van der Waals surface area contributed by atoms with Gasteiger partial charge in [0.1, 0.15) is 11.6 Å². The van der Waals surface area contributed by atoms with Crippen molar-refractivity contribution in [1.82, 2.24) is 10.6 Å². The molecule has 1 saturated carbocycles. The predicted molar refractivity (Wildman–Crippen MR) is 134 cm³/mol. The SMILES string of the molecule is CC(=O)NC(c1cc(F)cc(F)c1)C(O)CNC1(c2cccc(C(C)(C)C)c2)CCC(O)(CO)CC1. The predicted octanol–water partition coefficient (Wildman–Crippen LogP) is 3.58. The van der Waals surface area contributed by atoms with Crippen LogP contribution in [0.5, 0.6) is 0 Å².